The number of nitriles is 1. The zero-order valence-electron chi connectivity index (χ0n) is 12.4. The monoisotopic (exact) mass is 289 g/mol. The van der Waals surface area contributed by atoms with Crippen LogP contribution in [0, 0.1) is 17.2 Å². The molecule has 0 spiro atoms. The number of nitrogens with one attached hydrogen (secondary N) is 1. The van der Waals surface area contributed by atoms with E-state index in [2.05, 4.69) is 23.3 Å². The van der Waals surface area contributed by atoms with Gasteiger partial charge in [0.2, 0.25) is 0 Å². The highest BCUT2D eigenvalue weighted by molar-refractivity contribution is 7.98. The molecule has 1 aromatic carbocycles. The Kier molecular flexibility index (Phi) is 5.75. The number of hydrogen-bond donors (Lipinski definition) is 1. The minimum Gasteiger partial charge on any atom is -0.384 e. The van der Waals surface area contributed by atoms with Crippen LogP contribution in [-0.4, -0.2) is 37.8 Å². The first-order chi connectivity index (χ1) is 9.74. The molecule has 4 heteroatoms. The van der Waals surface area contributed by atoms with Crippen molar-refractivity contribution >= 4 is 17.4 Å². The highest BCUT2D eigenvalue weighted by Gasteiger charge is 2.16. The summed E-state index contributed by atoms with van der Waals surface area (Å²) in [6.45, 7) is 3.40. The summed E-state index contributed by atoms with van der Waals surface area (Å²) in [6, 6.07) is 8.35. The molecule has 0 atom stereocenters. The molecule has 0 unspecified atom stereocenters. The van der Waals surface area contributed by atoms with E-state index in [1.807, 2.05) is 24.5 Å². The molecule has 0 saturated carbocycles. The second kappa shape index (κ2) is 7.56. The largest absolute Gasteiger partial charge is 0.384 e. The van der Waals surface area contributed by atoms with Crippen molar-refractivity contribution in [1.29, 1.82) is 5.26 Å². The Bertz CT molecular complexity index is 473. The van der Waals surface area contributed by atoms with Gasteiger partial charge in [-0.3, -0.25) is 0 Å². The molecule has 20 heavy (non-hydrogen) atoms. The highest BCUT2D eigenvalue weighted by atomic mass is 32.2. The van der Waals surface area contributed by atoms with Crippen LogP contribution in [0.3, 0.4) is 0 Å². The first-order valence-corrected chi connectivity index (χ1v) is 8.46. The topological polar surface area (TPSA) is 39.1 Å². The van der Waals surface area contributed by atoms with Gasteiger partial charge in [-0.1, -0.05) is 6.07 Å². The van der Waals surface area contributed by atoms with E-state index in [4.69, 9.17) is 0 Å². The van der Waals surface area contributed by atoms with Gasteiger partial charge in [-0.2, -0.15) is 5.26 Å². The zero-order chi connectivity index (χ0) is 14.4. The van der Waals surface area contributed by atoms with Crippen LogP contribution >= 0.6 is 11.8 Å². The number of thioether (sulfide) groups is 1. The minimum atomic E-state index is 0.781. The van der Waals surface area contributed by atoms with E-state index in [9.17, 15) is 5.26 Å². The van der Waals surface area contributed by atoms with Crippen LogP contribution in [0.25, 0.3) is 0 Å². The summed E-state index contributed by atoms with van der Waals surface area (Å²) < 4.78 is 0. The van der Waals surface area contributed by atoms with Crippen LogP contribution in [0.5, 0.6) is 0 Å². The molecule has 1 aliphatic rings. The first-order valence-electron chi connectivity index (χ1n) is 7.24. The average Bonchev–Trinajstić information content (AvgIpc) is 2.49. The van der Waals surface area contributed by atoms with Crippen LogP contribution in [-0.2, 0) is 0 Å². The Balaban J connectivity index is 1.87. The molecule has 0 aromatic heterocycles. The predicted molar refractivity (Wildman–Crippen MR) is 86.3 cm³/mol. The first kappa shape index (κ1) is 15.2. The predicted octanol–water partition coefficient (Wildman–Crippen LogP) is 3.42. The van der Waals surface area contributed by atoms with Crippen molar-refractivity contribution in [3.05, 3.63) is 23.8 Å². The fourth-order valence-electron chi connectivity index (χ4n) is 2.73. The van der Waals surface area contributed by atoms with E-state index >= 15 is 0 Å². The smallest absolute Gasteiger partial charge is 0.102 e. The second-order valence-corrected chi connectivity index (χ2v) is 6.30. The van der Waals surface area contributed by atoms with Crippen LogP contribution in [0.15, 0.2) is 23.1 Å². The SMILES string of the molecule is CSc1cccc(NCCC2CCN(C)CC2)c1C#N. The van der Waals surface area contributed by atoms with E-state index in [1.54, 1.807) is 11.8 Å². The van der Waals surface area contributed by atoms with Crippen molar-refractivity contribution in [3.8, 4) is 6.07 Å². The second-order valence-electron chi connectivity index (χ2n) is 5.46. The molecule has 1 N–H and O–H groups in total. The lowest BCUT2D eigenvalue weighted by molar-refractivity contribution is 0.215. The average molecular weight is 289 g/mol. The van der Waals surface area contributed by atoms with Gasteiger partial charge in [-0.25, -0.2) is 0 Å². The van der Waals surface area contributed by atoms with Gasteiger partial charge < -0.3 is 10.2 Å². The van der Waals surface area contributed by atoms with Crippen molar-refractivity contribution in [1.82, 2.24) is 4.90 Å². The Labute approximate surface area is 126 Å². The Morgan fingerprint density at radius 1 is 1.40 bits per heavy atom. The zero-order valence-corrected chi connectivity index (χ0v) is 13.2. The van der Waals surface area contributed by atoms with E-state index in [1.165, 1.54) is 32.4 Å². The van der Waals surface area contributed by atoms with Gasteiger partial charge in [-0.05, 0) is 63.7 Å². The Morgan fingerprint density at radius 2 is 2.15 bits per heavy atom. The molecule has 1 heterocycles. The normalized spacial score (nSPS) is 16.9. The molecule has 0 amide bonds. The van der Waals surface area contributed by atoms with Gasteiger partial charge in [0.1, 0.15) is 6.07 Å². The standard InChI is InChI=1S/C16H23N3S/c1-19-10-7-13(8-11-19)6-9-18-15-4-3-5-16(20-2)14(15)12-17/h3-5,13,18H,6-11H2,1-2H3. The highest BCUT2D eigenvalue weighted by Crippen LogP contribution is 2.27. The van der Waals surface area contributed by atoms with Crippen LogP contribution in [0.2, 0.25) is 0 Å². The molecular weight excluding hydrogens is 266 g/mol. The molecule has 1 aromatic rings. The molecule has 0 bridgehead atoms. The third-order valence-electron chi connectivity index (χ3n) is 4.06. The molecular formula is C16H23N3S. The summed E-state index contributed by atoms with van der Waals surface area (Å²) in [7, 11) is 2.20. The van der Waals surface area contributed by atoms with Gasteiger partial charge in [-0.15, -0.1) is 11.8 Å². The molecule has 1 saturated heterocycles. The van der Waals surface area contributed by atoms with Crippen molar-refractivity contribution in [2.75, 3.05) is 38.3 Å². The maximum Gasteiger partial charge on any atom is 0.102 e. The quantitative estimate of drug-likeness (QED) is 0.843. The summed E-state index contributed by atoms with van der Waals surface area (Å²) in [5.74, 6) is 0.827. The molecule has 1 fully saturated rings. The maximum atomic E-state index is 9.30. The third kappa shape index (κ3) is 3.91. The van der Waals surface area contributed by atoms with Gasteiger partial charge in [0, 0.05) is 11.4 Å². The molecule has 3 nitrogen and oxygen atoms in total. The molecule has 2 rings (SSSR count). The number of hydrogen-bond acceptors (Lipinski definition) is 4. The van der Waals surface area contributed by atoms with E-state index < -0.39 is 0 Å². The van der Waals surface area contributed by atoms with Gasteiger partial charge in [0.25, 0.3) is 0 Å². The molecule has 0 aliphatic carbocycles. The number of piperidine rings is 1. The Hall–Kier alpha value is -1.18. The third-order valence-corrected chi connectivity index (χ3v) is 4.84. The van der Waals surface area contributed by atoms with Gasteiger partial charge in [0.05, 0.1) is 11.3 Å². The maximum absolute atomic E-state index is 9.30. The summed E-state index contributed by atoms with van der Waals surface area (Å²) in [5.41, 5.74) is 1.76. The number of rotatable bonds is 5. The lowest BCUT2D eigenvalue weighted by Gasteiger charge is -2.29. The minimum absolute atomic E-state index is 0.781. The number of likely N-dealkylation sites (tertiary alicyclic amines) is 1. The lowest BCUT2D eigenvalue weighted by atomic mass is 9.94. The van der Waals surface area contributed by atoms with E-state index in [-0.39, 0.29) is 0 Å². The van der Waals surface area contributed by atoms with Crippen molar-refractivity contribution in [2.45, 2.75) is 24.2 Å². The molecule has 1 aliphatic heterocycles. The van der Waals surface area contributed by atoms with E-state index in [0.717, 1.165) is 28.6 Å². The summed E-state index contributed by atoms with van der Waals surface area (Å²) >= 11 is 1.63. The van der Waals surface area contributed by atoms with Gasteiger partial charge >= 0.3 is 0 Å². The fourth-order valence-corrected chi connectivity index (χ4v) is 3.30. The summed E-state index contributed by atoms with van der Waals surface area (Å²) in [6.07, 6.45) is 5.81. The summed E-state index contributed by atoms with van der Waals surface area (Å²) in [5, 5.41) is 12.7. The number of benzene rings is 1. The van der Waals surface area contributed by atoms with Gasteiger partial charge in [0.15, 0.2) is 0 Å². The van der Waals surface area contributed by atoms with Crippen LogP contribution in [0.4, 0.5) is 5.69 Å². The molecule has 0 radical (unpaired) electrons. The Morgan fingerprint density at radius 3 is 2.80 bits per heavy atom. The lowest BCUT2D eigenvalue weighted by Crippen LogP contribution is -2.30. The number of nitrogens with zero attached hydrogens (tertiary/aromatic N) is 2. The fraction of sp³-hybridized carbons (Fsp3) is 0.562. The van der Waals surface area contributed by atoms with Crippen LogP contribution < -0.4 is 5.32 Å². The van der Waals surface area contributed by atoms with Crippen LogP contribution in [0.1, 0.15) is 24.8 Å². The number of anilines is 1. The summed E-state index contributed by atoms with van der Waals surface area (Å²) in [4.78, 5) is 3.46. The van der Waals surface area contributed by atoms with E-state index in [0.29, 0.717) is 0 Å². The van der Waals surface area contributed by atoms with Crippen molar-refractivity contribution in [3.63, 3.8) is 0 Å². The van der Waals surface area contributed by atoms with Crippen molar-refractivity contribution in [2.24, 2.45) is 5.92 Å². The van der Waals surface area contributed by atoms with Crippen molar-refractivity contribution < 1.29 is 0 Å². The molecule has 108 valence electrons.